The lowest BCUT2D eigenvalue weighted by atomic mass is 9.77. The van der Waals surface area contributed by atoms with E-state index < -0.39 is 0 Å². The summed E-state index contributed by atoms with van der Waals surface area (Å²) in [4.78, 5) is 2.39. The van der Waals surface area contributed by atoms with Crippen LogP contribution < -0.4 is 0 Å². The summed E-state index contributed by atoms with van der Waals surface area (Å²) in [7, 11) is 2.17. The lowest BCUT2D eigenvalue weighted by molar-refractivity contribution is 0.165. The topological polar surface area (TPSA) is 43.7 Å². The molecule has 0 aromatic heterocycles. The number of phenolic OH excluding ortho intramolecular Hbond substituents is 2. The van der Waals surface area contributed by atoms with Crippen molar-refractivity contribution < 1.29 is 10.2 Å². The van der Waals surface area contributed by atoms with Crippen LogP contribution in [0.5, 0.6) is 11.5 Å². The quantitative estimate of drug-likeness (QED) is 0.809. The Morgan fingerprint density at radius 1 is 1.22 bits per heavy atom. The average molecular weight is 249 g/mol. The summed E-state index contributed by atoms with van der Waals surface area (Å²) in [5.41, 5.74) is 2.13. The highest BCUT2D eigenvalue weighted by atomic mass is 16.3. The maximum atomic E-state index is 9.98. The molecule has 0 heterocycles. The molecule has 0 radical (unpaired) electrons. The third-order valence-corrected chi connectivity index (χ3v) is 4.39. The second-order valence-electron chi connectivity index (χ2n) is 5.29. The third-order valence-electron chi connectivity index (χ3n) is 4.39. The van der Waals surface area contributed by atoms with Crippen LogP contribution in [0.3, 0.4) is 0 Å². The van der Waals surface area contributed by atoms with Crippen LogP contribution in [0.2, 0.25) is 0 Å². The largest absolute Gasteiger partial charge is 0.504 e. The molecule has 3 nitrogen and oxygen atoms in total. The SMILES string of the molecule is CCC1Cc2c(ccc(O)c2O)C[C@@H]1N(C)CC. The first-order valence-electron chi connectivity index (χ1n) is 6.81. The normalized spacial score (nSPS) is 23.1. The van der Waals surface area contributed by atoms with E-state index in [2.05, 4.69) is 25.8 Å². The van der Waals surface area contributed by atoms with Crippen LogP contribution in [0.4, 0.5) is 0 Å². The monoisotopic (exact) mass is 249 g/mol. The third kappa shape index (κ3) is 2.19. The van der Waals surface area contributed by atoms with Gasteiger partial charge in [0.25, 0.3) is 0 Å². The molecule has 0 bridgehead atoms. The minimum absolute atomic E-state index is 0.00546. The molecule has 0 fully saturated rings. The fourth-order valence-corrected chi connectivity index (χ4v) is 3.04. The summed E-state index contributed by atoms with van der Waals surface area (Å²) in [6.07, 6.45) is 2.93. The first-order chi connectivity index (χ1) is 8.58. The van der Waals surface area contributed by atoms with Gasteiger partial charge in [0.1, 0.15) is 0 Å². The summed E-state index contributed by atoms with van der Waals surface area (Å²) in [6.45, 7) is 5.42. The molecule has 18 heavy (non-hydrogen) atoms. The van der Waals surface area contributed by atoms with E-state index >= 15 is 0 Å². The van der Waals surface area contributed by atoms with Gasteiger partial charge in [-0.05, 0) is 44.0 Å². The Morgan fingerprint density at radius 2 is 1.94 bits per heavy atom. The molecule has 1 aromatic rings. The van der Waals surface area contributed by atoms with Gasteiger partial charge in [-0.2, -0.15) is 0 Å². The Labute approximate surface area is 109 Å². The van der Waals surface area contributed by atoms with Crippen molar-refractivity contribution in [1.29, 1.82) is 0 Å². The molecule has 1 aliphatic carbocycles. The number of nitrogens with zero attached hydrogens (tertiary/aromatic N) is 1. The molecule has 0 aliphatic heterocycles. The summed E-state index contributed by atoms with van der Waals surface area (Å²) in [5.74, 6) is 0.643. The Kier molecular flexibility index (Phi) is 3.81. The molecule has 1 unspecified atom stereocenters. The molecule has 0 amide bonds. The molecular formula is C15H23NO2. The number of hydrogen-bond acceptors (Lipinski definition) is 3. The van der Waals surface area contributed by atoms with Crippen LogP contribution in [0.25, 0.3) is 0 Å². The Balaban J connectivity index is 2.35. The Morgan fingerprint density at radius 3 is 2.56 bits per heavy atom. The summed E-state index contributed by atoms with van der Waals surface area (Å²) in [6, 6.07) is 4.09. The van der Waals surface area contributed by atoms with E-state index in [1.165, 1.54) is 5.56 Å². The number of hydrogen-bond donors (Lipinski definition) is 2. The summed E-state index contributed by atoms with van der Waals surface area (Å²) >= 11 is 0. The fraction of sp³-hybridized carbons (Fsp3) is 0.600. The van der Waals surface area contributed by atoms with E-state index in [1.807, 2.05) is 6.07 Å². The summed E-state index contributed by atoms with van der Waals surface area (Å²) < 4.78 is 0. The number of phenols is 2. The maximum Gasteiger partial charge on any atom is 0.160 e. The predicted octanol–water partition coefficient (Wildman–Crippen LogP) is 2.54. The number of fused-ring (bicyclic) bond motifs is 1. The maximum absolute atomic E-state index is 9.98. The van der Waals surface area contributed by atoms with Crippen LogP contribution in [-0.2, 0) is 12.8 Å². The lowest BCUT2D eigenvalue weighted by Crippen LogP contribution is -2.42. The zero-order chi connectivity index (χ0) is 13.3. The van der Waals surface area contributed by atoms with Crippen LogP contribution in [-0.4, -0.2) is 34.7 Å². The van der Waals surface area contributed by atoms with Gasteiger partial charge in [-0.1, -0.05) is 26.3 Å². The molecule has 0 saturated heterocycles. The van der Waals surface area contributed by atoms with Gasteiger partial charge in [-0.3, -0.25) is 0 Å². The molecule has 1 aromatic carbocycles. The van der Waals surface area contributed by atoms with Crippen LogP contribution >= 0.6 is 0 Å². The molecule has 2 N–H and O–H groups in total. The van der Waals surface area contributed by atoms with Crippen molar-refractivity contribution in [2.24, 2.45) is 5.92 Å². The standard InChI is InChI=1S/C15H23NO2/c1-4-10-8-12-11(6-7-14(17)15(12)18)9-13(10)16(3)5-2/h6-7,10,13,17-18H,4-5,8-9H2,1-3H3/t10?,13-/m0/s1. The van der Waals surface area contributed by atoms with Crippen LogP contribution in [0.15, 0.2) is 12.1 Å². The fourth-order valence-electron chi connectivity index (χ4n) is 3.04. The van der Waals surface area contributed by atoms with Crippen molar-refractivity contribution in [3.8, 4) is 11.5 Å². The van der Waals surface area contributed by atoms with Gasteiger partial charge in [0, 0.05) is 11.6 Å². The number of rotatable bonds is 3. The minimum Gasteiger partial charge on any atom is -0.504 e. The zero-order valence-electron chi connectivity index (χ0n) is 11.5. The van der Waals surface area contributed by atoms with Crippen molar-refractivity contribution in [1.82, 2.24) is 4.90 Å². The molecule has 1 aliphatic rings. The minimum atomic E-state index is 0.00546. The van der Waals surface area contributed by atoms with Gasteiger partial charge in [-0.25, -0.2) is 0 Å². The molecule has 3 heteroatoms. The van der Waals surface area contributed by atoms with Gasteiger partial charge in [-0.15, -0.1) is 0 Å². The van der Waals surface area contributed by atoms with E-state index in [0.29, 0.717) is 12.0 Å². The highest BCUT2D eigenvalue weighted by Crippen LogP contribution is 2.39. The lowest BCUT2D eigenvalue weighted by Gasteiger charge is -2.38. The van der Waals surface area contributed by atoms with E-state index in [0.717, 1.165) is 31.4 Å². The second-order valence-corrected chi connectivity index (χ2v) is 5.29. The van der Waals surface area contributed by atoms with E-state index in [4.69, 9.17) is 0 Å². The van der Waals surface area contributed by atoms with Crippen LogP contribution in [0, 0.1) is 5.92 Å². The number of likely N-dealkylation sites (N-methyl/N-ethyl adjacent to an activating group) is 1. The van der Waals surface area contributed by atoms with Gasteiger partial charge < -0.3 is 15.1 Å². The molecule has 0 saturated carbocycles. The Hall–Kier alpha value is -1.22. The molecule has 0 spiro atoms. The van der Waals surface area contributed by atoms with Gasteiger partial charge >= 0.3 is 0 Å². The van der Waals surface area contributed by atoms with Crippen molar-refractivity contribution in [3.05, 3.63) is 23.3 Å². The average Bonchev–Trinajstić information content (AvgIpc) is 2.41. The van der Waals surface area contributed by atoms with E-state index in [9.17, 15) is 10.2 Å². The van der Waals surface area contributed by atoms with Gasteiger partial charge in [0.05, 0.1) is 0 Å². The molecule has 100 valence electrons. The highest BCUT2D eigenvalue weighted by molar-refractivity contribution is 5.50. The van der Waals surface area contributed by atoms with Crippen LogP contribution in [0.1, 0.15) is 31.4 Å². The summed E-state index contributed by atoms with van der Waals surface area (Å²) in [5, 5.41) is 19.6. The van der Waals surface area contributed by atoms with Crippen molar-refractivity contribution in [3.63, 3.8) is 0 Å². The predicted molar refractivity (Wildman–Crippen MR) is 73.1 cm³/mol. The molecular weight excluding hydrogens is 226 g/mol. The second kappa shape index (κ2) is 5.19. The van der Waals surface area contributed by atoms with Gasteiger partial charge in [0.15, 0.2) is 11.5 Å². The first kappa shape index (κ1) is 13.2. The Bertz CT molecular complexity index is 431. The number of aromatic hydroxyl groups is 2. The zero-order valence-corrected chi connectivity index (χ0v) is 11.5. The van der Waals surface area contributed by atoms with Crippen molar-refractivity contribution in [2.75, 3.05) is 13.6 Å². The number of benzene rings is 1. The van der Waals surface area contributed by atoms with Crippen molar-refractivity contribution >= 4 is 0 Å². The van der Waals surface area contributed by atoms with Gasteiger partial charge in [0.2, 0.25) is 0 Å². The van der Waals surface area contributed by atoms with E-state index in [1.54, 1.807) is 6.07 Å². The molecule has 2 atom stereocenters. The van der Waals surface area contributed by atoms with E-state index in [-0.39, 0.29) is 11.5 Å². The highest BCUT2D eigenvalue weighted by Gasteiger charge is 2.31. The van der Waals surface area contributed by atoms with Crippen molar-refractivity contribution in [2.45, 2.75) is 39.2 Å². The molecule has 2 rings (SSSR count). The smallest absolute Gasteiger partial charge is 0.160 e. The first-order valence-corrected chi connectivity index (χ1v) is 6.81.